The Labute approximate surface area is 92.2 Å². The lowest BCUT2D eigenvalue weighted by molar-refractivity contribution is 0.129. The zero-order valence-corrected chi connectivity index (χ0v) is 10.2. The van der Waals surface area contributed by atoms with Gasteiger partial charge in [-0.15, -0.1) is 0 Å². The summed E-state index contributed by atoms with van der Waals surface area (Å²) in [5.74, 6) is 2.39. The molecule has 1 heterocycles. The monoisotopic (exact) mass is 217 g/mol. The fourth-order valence-corrected chi connectivity index (χ4v) is 2.73. The molecule has 1 aliphatic heterocycles. The Morgan fingerprint density at radius 1 is 1.57 bits per heavy atom. The van der Waals surface area contributed by atoms with E-state index in [1.165, 1.54) is 30.8 Å². The molecule has 1 aliphatic rings. The van der Waals surface area contributed by atoms with Crippen LogP contribution < -0.4 is 5.32 Å². The first-order valence-electron chi connectivity index (χ1n) is 5.75. The van der Waals surface area contributed by atoms with Gasteiger partial charge in [0.15, 0.2) is 0 Å². The average molecular weight is 217 g/mol. The van der Waals surface area contributed by atoms with Crippen LogP contribution in [0.2, 0.25) is 0 Å². The normalized spacial score (nSPS) is 24.0. The van der Waals surface area contributed by atoms with Crippen molar-refractivity contribution in [2.24, 2.45) is 0 Å². The van der Waals surface area contributed by atoms with Crippen molar-refractivity contribution in [3.63, 3.8) is 0 Å². The van der Waals surface area contributed by atoms with E-state index in [9.17, 15) is 0 Å². The molecule has 0 spiro atoms. The van der Waals surface area contributed by atoms with Gasteiger partial charge in [-0.3, -0.25) is 0 Å². The maximum absolute atomic E-state index is 5.57. The summed E-state index contributed by atoms with van der Waals surface area (Å²) in [4.78, 5) is 0. The van der Waals surface area contributed by atoms with E-state index in [-0.39, 0.29) is 0 Å². The highest BCUT2D eigenvalue weighted by atomic mass is 32.2. The number of rotatable bonds is 7. The summed E-state index contributed by atoms with van der Waals surface area (Å²) in [6.45, 7) is 6.59. The molecule has 0 aromatic heterocycles. The summed E-state index contributed by atoms with van der Waals surface area (Å²) in [6.07, 6.45) is 4.29. The third kappa shape index (κ3) is 5.23. The Bertz CT molecular complexity index is 137. The summed E-state index contributed by atoms with van der Waals surface area (Å²) in [6, 6.07) is 0.640. The van der Waals surface area contributed by atoms with E-state index in [1.807, 2.05) is 11.8 Å². The highest BCUT2D eigenvalue weighted by molar-refractivity contribution is 7.99. The zero-order chi connectivity index (χ0) is 10.2. The molecule has 0 aliphatic carbocycles. The first-order valence-corrected chi connectivity index (χ1v) is 6.91. The number of hydrogen-bond acceptors (Lipinski definition) is 3. The first-order chi connectivity index (χ1) is 6.83. The molecule has 1 N–H and O–H groups in total. The molecule has 0 radical (unpaired) electrons. The Morgan fingerprint density at radius 3 is 3.07 bits per heavy atom. The van der Waals surface area contributed by atoms with Gasteiger partial charge in [0.1, 0.15) is 0 Å². The lowest BCUT2D eigenvalue weighted by Gasteiger charge is -2.14. The molecule has 2 nitrogen and oxygen atoms in total. The molecular weight excluding hydrogens is 194 g/mol. The van der Waals surface area contributed by atoms with E-state index in [0.717, 1.165) is 13.2 Å². The summed E-state index contributed by atoms with van der Waals surface area (Å²) in [5.41, 5.74) is 0. The summed E-state index contributed by atoms with van der Waals surface area (Å²) in [5, 5.41) is 3.50. The maximum Gasteiger partial charge on any atom is 0.0666 e. The molecule has 14 heavy (non-hydrogen) atoms. The minimum Gasteiger partial charge on any atom is -0.377 e. The molecule has 3 heteroatoms. The molecule has 1 fully saturated rings. The molecule has 2 atom stereocenters. The van der Waals surface area contributed by atoms with Crippen molar-refractivity contribution >= 4 is 11.8 Å². The third-order valence-electron chi connectivity index (χ3n) is 2.44. The van der Waals surface area contributed by atoms with Crippen LogP contribution in [-0.2, 0) is 4.74 Å². The fraction of sp³-hybridized carbons (Fsp3) is 1.00. The molecule has 0 saturated carbocycles. The van der Waals surface area contributed by atoms with Gasteiger partial charge >= 0.3 is 0 Å². The van der Waals surface area contributed by atoms with Crippen LogP contribution in [0.25, 0.3) is 0 Å². The second kappa shape index (κ2) is 7.55. The Hall–Kier alpha value is 0.270. The second-order valence-electron chi connectivity index (χ2n) is 4.03. The number of hydrogen-bond donors (Lipinski definition) is 1. The number of thioether (sulfide) groups is 1. The van der Waals surface area contributed by atoms with Crippen LogP contribution in [0.15, 0.2) is 0 Å². The van der Waals surface area contributed by atoms with Crippen molar-refractivity contribution in [1.29, 1.82) is 0 Å². The second-order valence-corrected chi connectivity index (χ2v) is 5.10. The lowest BCUT2D eigenvalue weighted by Crippen LogP contribution is -2.29. The van der Waals surface area contributed by atoms with Crippen molar-refractivity contribution in [3.05, 3.63) is 0 Å². The Kier molecular flexibility index (Phi) is 6.65. The number of nitrogens with one attached hydrogen (secondary N) is 1. The quantitative estimate of drug-likeness (QED) is 0.707. The summed E-state index contributed by atoms with van der Waals surface area (Å²) < 4.78 is 5.57. The maximum atomic E-state index is 5.57. The van der Waals surface area contributed by atoms with E-state index in [1.54, 1.807) is 0 Å². The molecule has 84 valence electrons. The van der Waals surface area contributed by atoms with Gasteiger partial charge < -0.3 is 10.1 Å². The molecular formula is C11H23NOS. The predicted octanol–water partition coefficient (Wildman–Crippen LogP) is 2.29. The van der Waals surface area contributed by atoms with Gasteiger partial charge in [-0.05, 0) is 32.7 Å². The van der Waals surface area contributed by atoms with Gasteiger partial charge in [0.05, 0.1) is 6.10 Å². The molecule has 0 bridgehead atoms. The molecule has 0 aromatic rings. The van der Waals surface area contributed by atoms with Gasteiger partial charge in [0.25, 0.3) is 0 Å². The standard InChI is InChI=1S/C11H23NOS/c1-3-6-12-10(2)8-14-9-11-5-4-7-13-11/h10-12H,3-9H2,1-2H3. The smallest absolute Gasteiger partial charge is 0.0666 e. The first kappa shape index (κ1) is 12.3. The molecule has 0 aromatic carbocycles. The Balaban J connectivity index is 1.91. The van der Waals surface area contributed by atoms with E-state index < -0.39 is 0 Å². The van der Waals surface area contributed by atoms with Crippen LogP contribution >= 0.6 is 11.8 Å². The average Bonchev–Trinajstić information content (AvgIpc) is 2.67. The predicted molar refractivity (Wildman–Crippen MR) is 64.1 cm³/mol. The van der Waals surface area contributed by atoms with Crippen LogP contribution in [0.3, 0.4) is 0 Å². The van der Waals surface area contributed by atoms with Gasteiger partial charge in [-0.2, -0.15) is 11.8 Å². The van der Waals surface area contributed by atoms with Gasteiger partial charge in [-0.1, -0.05) is 6.92 Å². The van der Waals surface area contributed by atoms with E-state index in [0.29, 0.717) is 12.1 Å². The summed E-state index contributed by atoms with van der Waals surface area (Å²) >= 11 is 2.02. The van der Waals surface area contributed by atoms with Gasteiger partial charge in [0, 0.05) is 24.2 Å². The van der Waals surface area contributed by atoms with Crippen molar-refractivity contribution in [2.45, 2.75) is 45.3 Å². The minimum atomic E-state index is 0.540. The molecule has 0 amide bonds. The highest BCUT2D eigenvalue weighted by Gasteiger charge is 2.15. The van der Waals surface area contributed by atoms with E-state index >= 15 is 0 Å². The summed E-state index contributed by atoms with van der Waals surface area (Å²) in [7, 11) is 0. The van der Waals surface area contributed by atoms with Crippen molar-refractivity contribution < 1.29 is 4.74 Å². The van der Waals surface area contributed by atoms with Crippen molar-refractivity contribution in [1.82, 2.24) is 5.32 Å². The van der Waals surface area contributed by atoms with Gasteiger partial charge in [0.2, 0.25) is 0 Å². The van der Waals surface area contributed by atoms with Crippen LogP contribution in [0.5, 0.6) is 0 Å². The van der Waals surface area contributed by atoms with E-state index in [2.05, 4.69) is 19.2 Å². The van der Waals surface area contributed by atoms with Crippen molar-refractivity contribution in [3.8, 4) is 0 Å². The topological polar surface area (TPSA) is 21.3 Å². The van der Waals surface area contributed by atoms with Gasteiger partial charge in [-0.25, -0.2) is 0 Å². The minimum absolute atomic E-state index is 0.540. The molecule has 1 rings (SSSR count). The van der Waals surface area contributed by atoms with Crippen LogP contribution in [0.1, 0.15) is 33.1 Å². The lowest BCUT2D eigenvalue weighted by atomic mass is 10.3. The fourth-order valence-electron chi connectivity index (χ4n) is 1.60. The van der Waals surface area contributed by atoms with Crippen molar-refractivity contribution in [2.75, 3.05) is 24.7 Å². The van der Waals surface area contributed by atoms with Crippen LogP contribution in [0, 0.1) is 0 Å². The highest BCUT2D eigenvalue weighted by Crippen LogP contribution is 2.17. The zero-order valence-electron chi connectivity index (χ0n) is 9.42. The Morgan fingerprint density at radius 2 is 2.43 bits per heavy atom. The van der Waals surface area contributed by atoms with E-state index in [4.69, 9.17) is 4.74 Å². The number of ether oxygens (including phenoxy) is 1. The van der Waals surface area contributed by atoms with Crippen LogP contribution in [-0.4, -0.2) is 36.8 Å². The molecule has 1 saturated heterocycles. The third-order valence-corrected chi connectivity index (χ3v) is 3.78. The largest absolute Gasteiger partial charge is 0.377 e. The SMILES string of the molecule is CCCNC(C)CSCC1CCCO1. The molecule has 2 unspecified atom stereocenters. The van der Waals surface area contributed by atoms with Crippen LogP contribution in [0.4, 0.5) is 0 Å².